The highest BCUT2D eigenvalue weighted by Gasteiger charge is 2.19. The highest BCUT2D eigenvalue weighted by molar-refractivity contribution is 7.80. The number of nitrogen functional groups attached to an aromatic ring is 1. The summed E-state index contributed by atoms with van der Waals surface area (Å²) in [4.78, 5) is 13.0. The Labute approximate surface area is 165 Å². The number of nitriles is 1. The molecule has 0 amide bonds. The lowest BCUT2D eigenvalue weighted by Gasteiger charge is -2.32. The first-order chi connectivity index (χ1) is 13.0. The third-order valence-corrected chi connectivity index (χ3v) is 4.64. The van der Waals surface area contributed by atoms with E-state index >= 15 is 0 Å². The number of benzene rings is 2. The van der Waals surface area contributed by atoms with Gasteiger partial charge in [0.1, 0.15) is 12.4 Å². The van der Waals surface area contributed by atoms with Crippen molar-refractivity contribution < 1.29 is 9.90 Å². The van der Waals surface area contributed by atoms with E-state index in [0.29, 0.717) is 11.3 Å². The number of aliphatic hydroxyl groups is 1. The maximum atomic E-state index is 9.98. The van der Waals surface area contributed by atoms with Crippen molar-refractivity contribution in [3.8, 4) is 6.07 Å². The lowest BCUT2D eigenvalue weighted by molar-refractivity contribution is -0.104. The van der Waals surface area contributed by atoms with E-state index in [9.17, 15) is 9.90 Å². The standard InChI is InChI=1S/C12H15N3O.C9H8OS/c13-8-9-7-10(14)1-2-12(9)15-5-3-11(16)4-6-15;10-7-3-5-8-4-1-2-6-9(8)11/h1-2,7,11,16H,3-6,14H2;1-7,11H/b;5-3+. The van der Waals surface area contributed by atoms with Crippen molar-refractivity contribution in [2.75, 3.05) is 23.7 Å². The Balaban J connectivity index is 0.000000208. The lowest BCUT2D eigenvalue weighted by atomic mass is 10.1. The second-order valence-corrected chi connectivity index (χ2v) is 6.64. The number of anilines is 2. The van der Waals surface area contributed by atoms with Crippen LogP contribution in [0.4, 0.5) is 11.4 Å². The predicted molar refractivity (Wildman–Crippen MR) is 112 cm³/mol. The van der Waals surface area contributed by atoms with Crippen molar-refractivity contribution in [2.45, 2.75) is 23.8 Å². The fraction of sp³-hybridized carbons (Fsp3) is 0.238. The smallest absolute Gasteiger partial charge is 0.142 e. The molecule has 1 saturated heterocycles. The van der Waals surface area contributed by atoms with Gasteiger partial charge >= 0.3 is 0 Å². The number of carbonyl (C=O) groups is 1. The molecule has 3 N–H and O–H groups in total. The predicted octanol–water partition coefficient (Wildman–Crippen LogP) is 3.29. The van der Waals surface area contributed by atoms with Gasteiger partial charge in [0.05, 0.1) is 17.4 Å². The number of hydrogen-bond donors (Lipinski definition) is 3. The van der Waals surface area contributed by atoms with Gasteiger partial charge in [-0.25, -0.2) is 0 Å². The van der Waals surface area contributed by atoms with Gasteiger partial charge in [-0.1, -0.05) is 24.3 Å². The minimum atomic E-state index is -0.199. The Kier molecular flexibility index (Phi) is 7.93. The third-order valence-electron chi connectivity index (χ3n) is 4.24. The number of carbonyl (C=O) groups excluding carboxylic acids is 1. The molecule has 5 nitrogen and oxygen atoms in total. The van der Waals surface area contributed by atoms with Crippen LogP contribution in [0.25, 0.3) is 6.08 Å². The average Bonchev–Trinajstić information content (AvgIpc) is 2.68. The van der Waals surface area contributed by atoms with Crippen LogP contribution in [-0.4, -0.2) is 30.6 Å². The molecule has 0 spiro atoms. The number of aldehydes is 1. The van der Waals surface area contributed by atoms with Crippen molar-refractivity contribution in [3.63, 3.8) is 0 Å². The second kappa shape index (κ2) is 10.4. The molecule has 0 unspecified atom stereocenters. The number of nitrogens with zero attached hydrogens (tertiary/aromatic N) is 2. The van der Waals surface area contributed by atoms with E-state index in [-0.39, 0.29) is 6.10 Å². The van der Waals surface area contributed by atoms with Crippen molar-refractivity contribution in [1.29, 1.82) is 5.26 Å². The van der Waals surface area contributed by atoms with Crippen LogP contribution in [0.2, 0.25) is 0 Å². The maximum Gasteiger partial charge on any atom is 0.142 e. The van der Waals surface area contributed by atoms with Gasteiger partial charge in [-0.15, -0.1) is 12.6 Å². The van der Waals surface area contributed by atoms with Gasteiger partial charge in [0.25, 0.3) is 0 Å². The van der Waals surface area contributed by atoms with Gasteiger partial charge in [0.15, 0.2) is 0 Å². The number of hydrogen-bond acceptors (Lipinski definition) is 6. The van der Waals surface area contributed by atoms with Crippen molar-refractivity contribution in [1.82, 2.24) is 0 Å². The molecule has 1 fully saturated rings. The van der Waals surface area contributed by atoms with Crippen LogP contribution in [0.5, 0.6) is 0 Å². The molecule has 3 rings (SSSR count). The Hall–Kier alpha value is -2.75. The van der Waals surface area contributed by atoms with Crippen LogP contribution < -0.4 is 10.6 Å². The summed E-state index contributed by atoms with van der Waals surface area (Å²) >= 11 is 4.20. The molecule has 1 heterocycles. The number of nitrogens with two attached hydrogens (primary N) is 1. The molecule has 0 bridgehead atoms. The maximum absolute atomic E-state index is 9.98. The van der Waals surface area contributed by atoms with Crippen LogP contribution in [-0.2, 0) is 4.79 Å². The Morgan fingerprint density at radius 1 is 1.22 bits per heavy atom. The average molecular weight is 382 g/mol. The summed E-state index contributed by atoms with van der Waals surface area (Å²) in [5, 5.41) is 18.5. The van der Waals surface area contributed by atoms with Crippen LogP contribution in [0, 0.1) is 11.3 Å². The van der Waals surface area contributed by atoms with Crippen LogP contribution in [0.15, 0.2) is 53.4 Å². The van der Waals surface area contributed by atoms with Crippen molar-refractivity contribution >= 4 is 36.4 Å². The molecule has 2 aromatic carbocycles. The molecule has 140 valence electrons. The van der Waals surface area contributed by atoms with Gasteiger partial charge in [-0.05, 0) is 48.7 Å². The minimum absolute atomic E-state index is 0.199. The summed E-state index contributed by atoms with van der Waals surface area (Å²) in [6.45, 7) is 1.58. The summed E-state index contributed by atoms with van der Waals surface area (Å²) < 4.78 is 0. The zero-order valence-electron chi connectivity index (χ0n) is 15.0. The van der Waals surface area contributed by atoms with E-state index in [4.69, 9.17) is 11.0 Å². The number of thiol groups is 1. The van der Waals surface area contributed by atoms with E-state index in [2.05, 4.69) is 23.6 Å². The molecule has 0 aliphatic carbocycles. The quantitative estimate of drug-likeness (QED) is 0.328. The highest BCUT2D eigenvalue weighted by Crippen LogP contribution is 2.25. The summed E-state index contributed by atoms with van der Waals surface area (Å²) in [6.07, 6.45) is 5.25. The Morgan fingerprint density at radius 2 is 1.93 bits per heavy atom. The summed E-state index contributed by atoms with van der Waals surface area (Å²) in [5.74, 6) is 0. The van der Waals surface area contributed by atoms with Gasteiger partial charge in [-0.3, -0.25) is 4.79 Å². The van der Waals surface area contributed by atoms with E-state index in [1.807, 2.05) is 30.3 Å². The first-order valence-electron chi connectivity index (χ1n) is 8.67. The fourth-order valence-electron chi connectivity index (χ4n) is 2.80. The normalized spacial score (nSPS) is 14.3. The zero-order chi connectivity index (χ0) is 19.6. The van der Waals surface area contributed by atoms with Crippen LogP contribution in [0.1, 0.15) is 24.0 Å². The molecular weight excluding hydrogens is 358 g/mol. The molecule has 0 atom stereocenters. The first kappa shape index (κ1) is 20.6. The Bertz CT molecular complexity index is 838. The lowest BCUT2D eigenvalue weighted by Crippen LogP contribution is -2.36. The number of rotatable bonds is 3. The largest absolute Gasteiger partial charge is 0.399 e. The fourth-order valence-corrected chi connectivity index (χ4v) is 3.03. The van der Waals surface area contributed by atoms with Crippen molar-refractivity contribution in [2.24, 2.45) is 0 Å². The first-order valence-corrected chi connectivity index (χ1v) is 9.12. The van der Waals surface area contributed by atoms with E-state index in [0.717, 1.165) is 48.4 Å². The third kappa shape index (κ3) is 6.17. The zero-order valence-corrected chi connectivity index (χ0v) is 15.8. The Morgan fingerprint density at radius 3 is 2.56 bits per heavy atom. The summed E-state index contributed by atoms with van der Waals surface area (Å²) in [7, 11) is 0. The molecule has 0 radical (unpaired) electrons. The molecular formula is C21H23N3O2S. The second-order valence-electron chi connectivity index (χ2n) is 6.16. The molecule has 0 aromatic heterocycles. The van der Waals surface area contributed by atoms with Gasteiger partial charge in [-0.2, -0.15) is 5.26 Å². The van der Waals surface area contributed by atoms with E-state index in [1.165, 1.54) is 6.08 Å². The minimum Gasteiger partial charge on any atom is -0.399 e. The van der Waals surface area contributed by atoms with Gasteiger partial charge in [0.2, 0.25) is 0 Å². The number of allylic oxidation sites excluding steroid dienone is 1. The van der Waals surface area contributed by atoms with Crippen LogP contribution in [0.3, 0.4) is 0 Å². The summed E-state index contributed by atoms with van der Waals surface area (Å²) in [6, 6.07) is 15.1. The molecule has 2 aromatic rings. The number of piperidine rings is 1. The van der Waals surface area contributed by atoms with E-state index in [1.54, 1.807) is 18.2 Å². The number of aliphatic hydroxyl groups excluding tert-OH is 1. The SMILES string of the molecule is N#Cc1cc(N)ccc1N1CCC(O)CC1.O=C/C=C/c1ccccc1S. The van der Waals surface area contributed by atoms with Crippen LogP contribution >= 0.6 is 12.6 Å². The summed E-state index contributed by atoms with van der Waals surface area (Å²) in [5.41, 5.74) is 8.74. The molecule has 1 aliphatic rings. The molecule has 0 saturated carbocycles. The highest BCUT2D eigenvalue weighted by atomic mass is 32.1. The molecule has 27 heavy (non-hydrogen) atoms. The van der Waals surface area contributed by atoms with Gasteiger partial charge < -0.3 is 15.7 Å². The van der Waals surface area contributed by atoms with Gasteiger partial charge in [0, 0.05) is 23.7 Å². The molecule has 6 heteroatoms. The van der Waals surface area contributed by atoms with Crippen molar-refractivity contribution in [3.05, 3.63) is 59.7 Å². The monoisotopic (exact) mass is 381 g/mol. The van der Waals surface area contributed by atoms with E-state index < -0.39 is 0 Å². The topological polar surface area (TPSA) is 90.3 Å². The molecule has 1 aliphatic heterocycles.